The molecule has 0 radical (unpaired) electrons. The summed E-state index contributed by atoms with van der Waals surface area (Å²) < 4.78 is 4.62. The maximum Gasteiger partial charge on any atom is 0.213 e. The van der Waals surface area contributed by atoms with Gasteiger partial charge in [0.1, 0.15) is 5.82 Å². The first-order valence-electron chi connectivity index (χ1n) is 4.64. The number of hydrogen-bond acceptors (Lipinski definition) is 6. The Balaban J connectivity index is 1.81. The first-order valence-corrected chi connectivity index (χ1v) is 4.64. The van der Waals surface area contributed by atoms with Crippen LogP contribution in [0, 0.1) is 6.92 Å². The van der Waals surface area contributed by atoms with Gasteiger partial charge in [-0.1, -0.05) is 5.16 Å². The molecule has 1 N–H and O–H groups in total. The van der Waals surface area contributed by atoms with Gasteiger partial charge in [0, 0.05) is 13.0 Å². The first-order chi connectivity index (χ1) is 7.34. The largest absolute Gasteiger partial charge is 0.368 e. The van der Waals surface area contributed by atoms with Crippen LogP contribution in [-0.2, 0) is 6.42 Å². The smallest absolute Gasteiger partial charge is 0.213 e. The molecule has 6 heteroatoms. The zero-order valence-electron chi connectivity index (χ0n) is 8.34. The molecule has 0 aliphatic heterocycles. The van der Waals surface area contributed by atoms with Crippen molar-refractivity contribution < 1.29 is 4.52 Å². The summed E-state index contributed by atoms with van der Waals surface area (Å²) in [6.07, 6.45) is 2.02. The topological polar surface area (TPSA) is 76.7 Å². The van der Waals surface area contributed by atoms with Gasteiger partial charge in [-0.2, -0.15) is 10.1 Å². The second-order valence-corrected chi connectivity index (χ2v) is 3.08. The van der Waals surface area contributed by atoms with Crippen molar-refractivity contribution in [2.24, 2.45) is 0 Å². The summed E-state index contributed by atoms with van der Waals surface area (Å²) in [5.74, 6) is 1.44. The van der Waals surface area contributed by atoms with Crippen LogP contribution in [0.25, 0.3) is 0 Å². The summed E-state index contributed by atoms with van der Waals surface area (Å²) in [5.41, 5.74) is 0.902. The molecule has 0 amide bonds. The molecule has 2 aromatic rings. The van der Waals surface area contributed by atoms with E-state index in [1.807, 2.05) is 19.1 Å². The van der Waals surface area contributed by atoms with Gasteiger partial charge in [-0.25, -0.2) is 0 Å². The summed E-state index contributed by atoms with van der Waals surface area (Å²) in [6.45, 7) is 2.60. The molecule has 0 bridgehead atoms. The Kier molecular flexibility index (Phi) is 2.87. The molecule has 2 rings (SSSR count). The lowest BCUT2D eigenvalue weighted by Crippen LogP contribution is -2.07. The Bertz CT molecular complexity index is 397. The average molecular weight is 205 g/mol. The van der Waals surface area contributed by atoms with E-state index in [0.717, 1.165) is 11.5 Å². The van der Waals surface area contributed by atoms with Crippen molar-refractivity contribution in [3.05, 3.63) is 30.0 Å². The molecule has 0 spiro atoms. The van der Waals surface area contributed by atoms with Crippen molar-refractivity contribution in [2.75, 3.05) is 11.9 Å². The number of hydrogen-bond donors (Lipinski definition) is 1. The van der Waals surface area contributed by atoms with Crippen LogP contribution in [0.4, 0.5) is 5.82 Å². The fraction of sp³-hybridized carbons (Fsp3) is 0.333. The van der Waals surface area contributed by atoms with Crippen molar-refractivity contribution in [1.82, 2.24) is 20.3 Å². The molecule has 0 saturated carbocycles. The van der Waals surface area contributed by atoms with E-state index in [1.165, 1.54) is 6.39 Å². The lowest BCUT2D eigenvalue weighted by Gasteiger charge is -2.02. The fourth-order valence-electron chi connectivity index (χ4n) is 1.10. The zero-order valence-corrected chi connectivity index (χ0v) is 8.34. The monoisotopic (exact) mass is 205 g/mol. The molecule has 78 valence electrons. The van der Waals surface area contributed by atoms with Crippen molar-refractivity contribution in [2.45, 2.75) is 13.3 Å². The molecule has 0 saturated heterocycles. The predicted molar refractivity (Wildman–Crippen MR) is 53.3 cm³/mol. The molecule has 15 heavy (non-hydrogen) atoms. The maximum absolute atomic E-state index is 4.62. The zero-order chi connectivity index (χ0) is 10.5. The number of aryl methyl sites for hydroxylation is 1. The van der Waals surface area contributed by atoms with E-state index in [4.69, 9.17) is 0 Å². The Morgan fingerprint density at radius 3 is 2.93 bits per heavy atom. The highest BCUT2D eigenvalue weighted by Crippen LogP contribution is 2.00. The van der Waals surface area contributed by atoms with Crippen LogP contribution in [0.5, 0.6) is 0 Å². The third kappa shape index (κ3) is 2.73. The number of nitrogens with one attached hydrogen (secondary N) is 1. The van der Waals surface area contributed by atoms with Gasteiger partial charge in [0.05, 0.1) is 5.69 Å². The molecule has 0 aromatic carbocycles. The van der Waals surface area contributed by atoms with E-state index < -0.39 is 0 Å². The summed E-state index contributed by atoms with van der Waals surface area (Å²) >= 11 is 0. The average Bonchev–Trinajstić information content (AvgIpc) is 2.74. The van der Waals surface area contributed by atoms with Crippen LogP contribution < -0.4 is 5.32 Å². The minimum atomic E-state index is 0.683. The first kappa shape index (κ1) is 9.57. The Morgan fingerprint density at radius 2 is 2.27 bits per heavy atom. The van der Waals surface area contributed by atoms with E-state index in [-0.39, 0.29) is 0 Å². The van der Waals surface area contributed by atoms with Gasteiger partial charge in [0.25, 0.3) is 0 Å². The minimum Gasteiger partial charge on any atom is -0.368 e. The molecule has 0 atom stereocenters. The molecular weight excluding hydrogens is 194 g/mol. The highest BCUT2D eigenvalue weighted by atomic mass is 16.5. The Morgan fingerprint density at radius 1 is 1.33 bits per heavy atom. The van der Waals surface area contributed by atoms with Gasteiger partial charge >= 0.3 is 0 Å². The Hall–Kier alpha value is -1.98. The van der Waals surface area contributed by atoms with E-state index in [2.05, 4.69) is 30.2 Å². The third-order valence-corrected chi connectivity index (χ3v) is 1.86. The number of nitrogens with zero attached hydrogens (tertiary/aromatic N) is 4. The van der Waals surface area contributed by atoms with E-state index in [1.54, 1.807) is 0 Å². The second-order valence-electron chi connectivity index (χ2n) is 3.08. The minimum absolute atomic E-state index is 0.683. The molecule has 6 nitrogen and oxygen atoms in total. The van der Waals surface area contributed by atoms with Gasteiger partial charge in [-0.05, 0) is 19.1 Å². The number of rotatable bonds is 4. The van der Waals surface area contributed by atoms with Crippen LogP contribution >= 0.6 is 0 Å². The van der Waals surface area contributed by atoms with Crippen molar-refractivity contribution in [3.63, 3.8) is 0 Å². The van der Waals surface area contributed by atoms with E-state index >= 15 is 0 Å². The quantitative estimate of drug-likeness (QED) is 0.796. The van der Waals surface area contributed by atoms with Crippen LogP contribution in [0.3, 0.4) is 0 Å². The molecule has 2 aromatic heterocycles. The van der Waals surface area contributed by atoms with Crippen LogP contribution in [-0.4, -0.2) is 26.9 Å². The standard InChI is InChI=1S/C9H11N5O/c1-7-2-3-8(13-12-7)10-5-4-9-11-6-15-14-9/h2-3,6H,4-5H2,1H3,(H,10,13). The van der Waals surface area contributed by atoms with E-state index in [9.17, 15) is 0 Å². The van der Waals surface area contributed by atoms with Crippen molar-refractivity contribution >= 4 is 5.82 Å². The van der Waals surface area contributed by atoms with Gasteiger partial charge in [-0.3, -0.25) is 0 Å². The normalized spacial score (nSPS) is 10.2. The van der Waals surface area contributed by atoms with Gasteiger partial charge in [-0.15, -0.1) is 5.10 Å². The molecule has 0 aliphatic rings. The van der Waals surface area contributed by atoms with E-state index in [0.29, 0.717) is 18.8 Å². The highest BCUT2D eigenvalue weighted by Gasteiger charge is 1.98. The van der Waals surface area contributed by atoms with Crippen molar-refractivity contribution in [1.29, 1.82) is 0 Å². The van der Waals surface area contributed by atoms with Crippen LogP contribution in [0.15, 0.2) is 23.0 Å². The van der Waals surface area contributed by atoms with Gasteiger partial charge in [0.2, 0.25) is 6.39 Å². The van der Waals surface area contributed by atoms with Crippen LogP contribution in [0.1, 0.15) is 11.5 Å². The molecule has 0 fully saturated rings. The second kappa shape index (κ2) is 4.50. The number of aromatic nitrogens is 4. The molecule has 2 heterocycles. The summed E-state index contributed by atoms with van der Waals surface area (Å²) in [5, 5.41) is 14.7. The predicted octanol–water partition coefficient (Wildman–Crippen LogP) is 0.823. The van der Waals surface area contributed by atoms with Gasteiger partial charge in [0.15, 0.2) is 5.82 Å². The lowest BCUT2D eigenvalue weighted by molar-refractivity contribution is 0.410. The summed E-state index contributed by atoms with van der Waals surface area (Å²) in [7, 11) is 0. The lowest BCUT2D eigenvalue weighted by atomic mass is 10.4. The maximum atomic E-state index is 4.62. The summed E-state index contributed by atoms with van der Waals surface area (Å²) in [4.78, 5) is 3.91. The molecule has 0 aliphatic carbocycles. The highest BCUT2D eigenvalue weighted by molar-refractivity contribution is 5.32. The SMILES string of the molecule is Cc1ccc(NCCc2ncon2)nn1. The van der Waals surface area contributed by atoms with Gasteiger partial charge < -0.3 is 9.84 Å². The van der Waals surface area contributed by atoms with Crippen LogP contribution in [0.2, 0.25) is 0 Å². The number of anilines is 1. The molecular formula is C9H11N5O. The summed E-state index contributed by atoms with van der Waals surface area (Å²) in [6, 6.07) is 3.79. The molecule has 0 unspecified atom stereocenters. The Labute approximate surface area is 86.7 Å². The fourth-order valence-corrected chi connectivity index (χ4v) is 1.10. The third-order valence-electron chi connectivity index (χ3n) is 1.86. The van der Waals surface area contributed by atoms with Crippen molar-refractivity contribution in [3.8, 4) is 0 Å².